The fourth-order valence-corrected chi connectivity index (χ4v) is 2.19. The number of ketones is 1. The maximum Gasteiger partial charge on any atom is 0.309 e. The molecular weight excluding hydrogens is 264 g/mol. The number of hydrogen-bond donors (Lipinski definition) is 0. The number of rotatable bonds is 5. The first-order valence-electron chi connectivity index (χ1n) is 7.82. The summed E-state index contributed by atoms with van der Waals surface area (Å²) in [7, 11) is 0. The van der Waals surface area contributed by atoms with E-state index in [1.165, 1.54) is 0 Å². The van der Waals surface area contributed by atoms with Crippen molar-refractivity contribution in [3.63, 3.8) is 0 Å². The van der Waals surface area contributed by atoms with Gasteiger partial charge in [-0.05, 0) is 23.7 Å². The van der Waals surface area contributed by atoms with Gasteiger partial charge in [0.25, 0.3) is 0 Å². The summed E-state index contributed by atoms with van der Waals surface area (Å²) >= 11 is 0. The number of esters is 1. The molecule has 0 N–H and O–H groups in total. The molecule has 124 valence electrons. The molecule has 0 aromatic carbocycles. The molecule has 0 aromatic heterocycles. The second-order valence-electron chi connectivity index (χ2n) is 9.51. The summed E-state index contributed by atoms with van der Waals surface area (Å²) < 4.78 is 5.30. The first kappa shape index (κ1) is 20.1. The zero-order valence-corrected chi connectivity index (χ0v) is 15.4. The van der Waals surface area contributed by atoms with Crippen molar-refractivity contribution in [1.29, 1.82) is 0 Å². The maximum absolute atomic E-state index is 12.4. The summed E-state index contributed by atoms with van der Waals surface area (Å²) in [6, 6.07) is 0. The van der Waals surface area contributed by atoms with E-state index in [9.17, 15) is 9.59 Å². The summed E-state index contributed by atoms with van der Waals surface area (Å²) in [6.07, 6.45) is 1.54. The van der Waals surface area contributed by atoms with Crippen molar-refractivity contribution in [2.24, 2.45) is 22.2 Å². The molecule has 21 heavy (non-hydrogen) atoms. The predicted octanol–water partition coefficient (Wildman–Crippen LogP) is 4.63. The van der Waals surface area contributed by atoms with Gasteiger partial charge in [-0.2, -0.15) is 0 Å². The molecule has 0 fully saturated rings. The van der Waals surface area contributed by atoms with Gasteiger partial charge in [0.1, 0.15) is 0 Å². The Morgan fingerprint density at radius 2 is 1.19 bits per heavy atom. The Hall–Kier alpha value is -0.860. The van der Waals surface area contributed by atoms with Crippen molar-refractivity contribution in [3.05, 3.63) is 0 Å². The summed E-state index contributed by atoms with van der Waals surface area (Å²) in [6.45, 7) is 18.1. The molecule has 0 atom stereocenters. The molecular formula is C18H34O3. The highest BCUT2D eigenvalue weighted by molar-refractivity contribution is 5.86. The summed E-state index contributed by atoms with van der Waals surface area (Å²) in [5, 5.41) is 0. The molecule has 0 rings (SSSR count). The van der Waals surface area contributed by atoms with Gasteiger partial charge in [0.15, 0.2) is 12.4 Å². The average Bonchev–Trinajstić information content (AvgIpc) is 2.18. The average molecular weight is 298 g/mol. The molecule has 0 radical (unpaired) electrons. The molecule has 0 aromatic rings. The third-order valence-electron chi connectivity index (χ3n) is 3.23. The predicted molar refractivity (Wildman–Crippen MR) is 87.1 cm³/mol. The Morgan fingerprint density at radius 3 is 1.48 bits per heavy atom. The van der Waals surface area contributed by atoms with Crippen molar-refractivity contribution in [2.75, 3.05) is 6.61 Å². The van der Waals surface area contributed by atoms with Crippen LogP contribution in [-0.4, -0.2) is 18.4 Å². The quantitative estimate of drug-likeness (QED) is 0.695. The van der Waals surface area contributed by atoms with Gasteiger partial charge in [-0.15, -0.1) is 0 Å². The van der Waals surface area contributed by atoms with E-state index in [1.807, 2.05) is 20.8 Å². The van der Waals surface area contributed by atoms with Gasteiger partial charge in [-0.1, -0.05) is 62.3 Å². The molecule has 0 aliphatic rings. The Kier molecular flexibility index (Phi) is 6.65. The minimum atomic E-state index is -0.468. The monoisotopic (exact) mass is 298 g/mol. The van der Waals surface area contributed by atoms with E-state index in [2.05, 4.69) is 41.5 Å². The first-order valence-corrected chi connectivity index (χ1v) is 7.82. The van der Waals surface area contributed by atoms with Crippen LogP contribution >= 0.6 is 0 Å². The van der Waals surface area contributed by atoms with E-state index in [1.54, 1.807) is 0 Å². The van der Waals surface area contributed by atoms with Crippen LogP contribution in [0.1, 0.15) is 75.2 Å². The lowest BCUT2D eigenvalue weighted by atomic mass is 9.77. The molecule has 0 aliphatic heterocycles. The SMILES string of the molecule is CC(C)(C)CC(CC(C)(C)C)C(=O)OCC(=O)C(C)(C)C. The van der Waals surface area contributed by atoms with E-state index >= 15 is 0 Å². The molecule has 0 saturated heterocycles. The van der Waals surface area contributed by atoms with Gasteiger partial charge in [0, 0.05) is 5.41 Å². The van der Waals surface area contributed by atoms with Crippen LogP contribution in [0.3, 0.4) is 0 Å². The van der Waals surface area contributed by atoms with Gasteiger partial charge < -0.3 is 4.74 Å². The normalized spacial score (nSPS) is 13.4. The van der Waals surface area contributed by atoms with Crippen LogP contribution in [0.2, 0.25) is 0 Å². The van der Waals surface area contributed by atoms with E-state index < -0.39 is 5.41 Å². The second-order valence-corrected chi connectivity index (χ2v) is 9.51. The fourth-order valence-electron chi connectivity index (χ4n) is 2.19. The van der Waals surface area contributed by atoms with Crippen LogP contribution in [0.4, 0.5) is 0 Å². The van der Waals surface area contributed by atoms with Crippen molar-refractivity contribution in [2.45, 2.75) is 75.2 Å². The number of ether oxygens (including phenoxy) is 1. The van der Waals surface area contributed by atoms with E-state index in [0.717, 1.165) is 12.8 Å². The van der Waals surface area contributed by atoms with E-state index in [0.29, 0.717) is 0 Å². The van der Waals surface area contributed by atoms with Crippen LogP contribution in [0.15, 0.2) is 0 Å². The van der Waals surface area contributed by atoms with Crippen LogP contribution in [-0.2, 0) is 14.3 Å². The number of hydrogen-bond acceptors (Lipinski definition) is 3. The van der Waals surface area contributed by atoms with Crippen molar-refractivity contribution in [1.82, 2.24) is 0 Å². The minimum absolute atomic E-state index is 0.0406. The van der Waals surface area contributed by atoms with Gasteiger partial charge >= 0.3 is 5.97 Å². The Balaban J connectivity index is 4.77. The first-order chi connectivity index (χ1) is 9.12. The Labute approximate surface area is 130 Å². The standard InChI is InChI=1S/C18H34O3/c1-16(2,3)10-13(11-17(4,5)6)15(20)21-12-14(19)18(7,8)9/h13H,10-12H2,1-9H3. The summed E-state index contributed by atoms with van der Waals surface area (Å²) in [5.74, 6) is -0.434. The number of carbonyl (C=O) groups is 2. The Bertz CT molecular complexity index is 345. The van der Waals surface area contributed by atoms with E-state index in [4.69, 9.17) is 4.74 Å². The zero-order chi connectivity index (χ0) is 17.1. The third-order valence-corrected chi connectivity index (χ3v) is 3.23. The van der Waals surface area contributed by atoms with Crippen molar-refractivity contribution < 1.29 is 14.3 Å². The van der Waals surface area contributed by atoms with Crippen LogP contribution in [0.25, 0.3) is 0 Å². The van der Waals surface area contributed by atoms with Gasteiger partial charge in [-0.25, -0.2) is 0 Å². The molecule has 0 unspecified atom stereocenters. The Morgan fingerprint density at radius 1 is 0.810 bits per heavy atom. The van der Waals surface area contributed by atoms with E-state index in [-0.39, 0.29) is 35.1 Å². The van der Waals surface area contributed by atoms with Gasteiger partial charge in [-0.3, -0.25) is 9.59 Å². The van der Waals surface area contributed by atoms with Gasteiger partial charge in [0.05, 0.1) is 5.92 Å². The van der Waals surface area contributed by atoms with Crippen molar-refractivity contribution in [3.8, 4) is 0 Å². The molecule has 3 heteroatoms. The maximum atomic E-state index is 12.4. The van der Waals surface area contributed by atoms with Crippen molar-refractivity contribution >= 4 is 11.8 Å². The lowest BCUT2D eigenvalue weighted by Crippen LogP contribution is -2.31. The number of Topliss-reactive ketones (excluding diaryl/α,β-unsaturated/α-hetero) is 1. The molecule has 0 aliphatic carbocycles. The largest absolute Gasteiger partial charge is 0.457 e. The molecule has 0 saturated carbocycles. The lowest BCUT2D eigenvalue weighted by Gasteiger charge is -2.30. The second kappa shape index (κ2) is 6.93. The lowest BCUT2D eigenvalue weighted by molar-refractivity contribution is -0.155. The molecule has 0 amide bonds. The third kappa shape index (κ3) is 9.65. The molecule has 3 nitrogen and oxygen atoms in total. The molecule has 0 bridgehead atoms. The van der Waals surface area contributed by atoms with Crippen LogP contribution in [0.5, 0.6) is 0 Å². The highest BCUT2D eigenvalue weighted by atomic mass is 16.5. The number of carbonyl (C=O) groups excluding carboxylic acids is 2. The molecule has 0 heterocycles. The smallest absolute Gasteiger partial charge is 0.309 e. The molecule has 0 spiro atoms. The van der Waals surface area contributed by atoms with Gasteiger partial charge in [0.2, 0.25) is 0 Å². The van der Waals surface area contributed by atoms with Crippen LogP contribution < -0.4 is 0 Å². The zero-order valence-electron chi connectivity index (χ0n) is 15.4. The minimum Gasteiger partial charge on any atom is -0.457 e. The topological polar surface area (TPSA) is 43.4 Å². The van der Waals surface area contributed by atoms with Crippen LogP contribution in [0, 0.1) is 22.2 Å². The highest BCUT2D eigenvalue weighted by Gasteiger charge is 2.31. The fraction of sp³-hybridized carbons (Fsp3) is 0.889. The summed E-state index contributed by atoms with van der Waals surface area (Å²) in [5.41, 5.74) is -0.351. The highest BCUT2D eigenvalue weighted by Crippen LogP contribution is 2.33. The summed E-state index contributed by atoms with van der Waals surface area (Å²) in [4.78, 5) is 24.2.